The fraction of sp³-hybridized carbons (Fsp3) is 0.200. The Morgan fingerprint density at radius 2 is 1.79 bits per heavy atom. The molecule has 0 bridgehead atoms. The lowest BCUT2D eigenvalue weighted by Crippen LogP contribution is -2.25. The van der Waals surface area contributed by atoms with Gasteiger partial charge in [-0.3, -0.25) is 9.78 Å². The largest absolute Gasteiger partial charge is 0.352 e. The summed E-state index contributed by atoms with van der Waals surface area (Å²) in [6, 6.07) is 20.4. The molecule has 4 rings (SSSR count). The van der Waals surface area contributed by atoms with Crippen molar-refractivity contribution in [3.05, 3.63) is 101 Å². The summed E-state index contributed by atoms with van der Waals surface area (Å²) in [6.07, 6.45) is 4.36. The van der Waals surface area contributed by atoms with Gasteiger partial charge >= 0.3 is 0 Å². The molecule has 4 aromatic rings. The van der Waals surface area contributed by atoms with Gasteiger partial charge < -0.3 is 9.88 Å². The third-order valence-electron chi connectivity index (χ3n) is 5.51. The molecule has 1 amide bonds. The van der Waals surface area contributed by atoms with Gasteiger partial charge in [0.25, 0.3) is 5.91 Å². The first-order valence-electron chi connectivity index (χ1n) is 9.94. The van der Waals surface area contributed by atoms with E-state index in [4.69, 9.17) is 0 Å². The van der Waals surface area contributed by atoms with E-state index in [2.05, 4.69) is 59.0 Å². The number of hydrogen-bond donors (Lipinski definition) is 1. The number of aryl methyl sites for hydroxylation is 1. The number of benzene rings is 2. The van der Waals surface area contributed by atoms with Gasteiger partial charge in [-0.2, -0.15) is 0 Å². The molecular formula is C25H25N3O. The van der Waals surface area contributed by atoms with Gasteiger partial charge in [-0.25, -0.2) is 0 Å². The first-order valence-corrected chi connectivity index (χ1v) is 9.94. The maximum Gasteiger partial charge on any atom is 0.251 e. The lowest BCUT2D eigenvalue weighted by atomic mass is 10.1. The molecule has 0 unspecified atom stereocenters. The molecule has 2 aromatic carbocycles. The molecule has 0 radical (unpaired) electrons. The number of hydrogen-bond acceptors (Lipinski definition) is 2. The van der Waals surface area contributed by atoms with Crippen LogP contribution in [-0.4, -0.2) is 22.0 Å². The van der Waals surface area contributed by atoms with Gasteiger partial charge in [-0.15, -0.1) is 0 Å². The molecule has 2 aromatic heterocycles. The van der Waals surface area contributed by atoms with Gasteiger partial charge in [0.05, 0.1) is 0 Å². The van der Waals surface area contributed by atoms with Gasteiger partial charge in [0, 0.05) is 47.6 Å². The third kappa shape index (κ3) is 4.06. The monoisotopic (exact) mass is 383 g/mol. The van der Waals surface area contributed by atoms with E-state index in [9.17, 15) is 4.79 Å². The summed E-state index contributed by atoms with van der Waals surface area (Å²) in [5.74, 6) is -0.0383. The maximum absolute atomic E-state index is 12.6. The average Bonchev–Trinajstić information content (AvgIpc) is 2.99. The van der Waals surface area contributed by atoms with Crippen LogP contribution in [0.2, 0.25) is 0 Å². The predicted octanol–water partition coefficient (Wildman–Crippen LogP) is 4.67. The highest BCUT2D eigenvalue weighted by Gasteiger charge is 2.14. The minimum Gasteiger partial charge on any atom is -0.352 e. The lowest BCUT2D eigenvalue weighted by Gasteiger charge is -2.09. The highest BCUT2D eigenvalue weighted by molar-refractivity contribution is 5.99. The standard InChI is InChI=1S/C25H25N3O/c1-18-19(2)28(17-21-7-4-3-5-8-21)24-11-10-22(15-23(18)24)25(29)27-14-12-20-9-6-13-26-16-20/h3-11,13,15-16H,12,14,17H2,1-2H3,(H,27,29). The second-order valence-electron chi connectivity index (χ2n) is 7.38. The summed E-state index contributed by atoms with van der Waals surface area (Å²) in [4.78, 5) is 16.7. The van der Waals surface area contributed by atoms with E-state index in [0.717, 1.165) is 29.4 Å². The Bertz CT molecular complexity index is 1130. The van der Waals surface area contributed by atoms with Crippen molar-refractivity contribution >= 4 is 16.8 Å². The number of carbonyl (C=O) groups excluding carboxylic acids is 1. The van der Waals surface area contributed by atoms with Crippen LogP contribution in [0.15, 0.2) is 73.1 Å². The molecule has 0 aliphatic heterocycles. The molecule has 29 heavy (non-hydrogen) atoms. The van der Waals surface area contributed by atoms with E-state index in [1.54, 1.807) is 6.20 Å². The van der Waals surface area contributed by atoms with Crippen molar-refractivity contribution in [3.8, 4) is 0 Å². The van der Waals surface area contributed by atoms with Crippen molar-refractivity contribution in [2.45, 2.75) is 26.8 Å². The number of rotatable bonds is 6. The molecule has 0 spiro atoms. The van der Waals surface area contributed by atoms with E-state index in [1.807, 2.05) is 36.5 Å². The molecule has 2 heterocycles. The molecule has 0 aliphatic rings. The molecular weight excluding hydrogens is 358 g/mol. The van der Waals surface area contributed by atoms with Crippen LogP contribution in [0.5, 0.6) is 0 Å². The summed E-state index contributed by atoms with van der Waals surface area (Å²) in [6.45, 7) is 5.69. The molecule has 4 heteroatoms. The molecule has 146 valence electrons. The second-order valence-corrected chi connectivity index (χ2v) is 7.38. The number of aromatic nitrogens is 2. The minimum atomic E-state index is -0.0383. The Kier molecular flexibility index (Phi) is 5.43. The number of pyridine rings is 1. The Labute approximate surface area is 171 Å². The van der Waals surface area contributed by atoms with E-state index in [0.29, 0.717) is 12.1 Å². The van der Waals surface area contributed by atoms with Crippen molar-refractivity contribution in [3.63, 3.8) is 0 Å². The van der Waals surface area contributed by atoms with E-state index >= 15 is 0 Å². The number of carbonyl (C=O) groups is 1. The summed E-state index contributed by atoms with van der Waals surface area (Å²) < 4.78 is 2.32. The summed E-state index contributed by atoms with van der Waals surface area (Å²) in [7, 11) is 0. The van der Waals surface area contributed by atoms with Gasteiger partial charge in [-0.05, 0) is 61.2 Å². The summed E-state index contributed by atoms with van der Waals surface area (Å²) in [5, 5.41) is 4.16. The second kappa shape index (κ2) is 8.31. The molecule has 4 nitrogen and oxygen atoms in total. The van der Waals surface area contributed by atoms with Gasteiger partial charge in [0.15, 0.2) is 0 Å². The van der Waals surface area contributed by atoms with E-state index in [-0.39, 0.29) is 5.91 Å². The Balaban J connectivity index is 1.53. The van der Waals surface area contributed by atoms with Crippen LogP contribution < -0.4 is 5.32 Å². The van der Waals surface area contributed by atoms with Crippen LogP contribution in [0.25, 0.3) is 10.9 Å². The molecule has 0 aliphatic carbocycles. The number of fused-ring (bicyclic) bond motifs is 1. The Hall–Kier alpha value is -3.40. The summed E-state index contributed by atoms with van der Waals surface area (Å²) in [5.41, 5.74) is 6.70. The van der Waals surface area contributed by atoms with Crippen LogP contribution in [-0.2, 0) is 13.0 Å². The fourth-order valence-corrected chi connectivity index (χ4v) is 3.73. The van der Waals surface area contributed by atoms with E-state index in [1.165, 1.54) is 16.8 Å². The fourth-order valence-electron chi connectivity index (χ4n) is 3.73. The number of nitrogens with one attached hydrogen (secondary N) is 1. The molecule has 1 N–H and O–H groups in total. The molecule has 0 saturated carbocycles. The number of amides is 1. The van der Waals surface area contributed by atoms with Crippen molar-refractivity contribution in [1.82, 2.24) is 14.9 Å². The SMILES string of the molecule is Cc1c(C)n(Cc2ccccc2)c2ccc(C(=O)NCCc3cccnc3)cc12. The molecule has 0 saturated heterocycles. The van der Waals surface area contributed by atoms with Crippen LogP contribution >= 0.6 is 0 Å². The zero-order valence-corrected chi connectivity index (χ0v) is 16.9. The van der Waals surface area contributed by atoms with Gasteiger partial charge in [-0.1, -0.05) is 36.4 Å². The average molecular weight is 383 g/mol. The minimum absolute atomic E-state index is 0.0383. The molecule has 0 atom stereocenters. The van der Waals surface area contributed by atoms with Crippen molar-refractivity contribution in [2.24, 2.45) is 0 Å². The van der Waals surface area contributed by atoms with Crippen LogP contribution in [0.3, 0.4) is 0 Å². The van der Waals surface area contributed by atoms with Crippen molar-refractivity contribution in [2.75, 3.05) is 6.54 Å². The number of nitrogens with zero attached hydrogens (tertiary/aromatic N) is 2. The summed E-state index contributed by atoms with van der Waals surface area (Å²) >= 11 is 0. The smallest absolute Gasteiger partial charge is 0.251 e. The highest BCUT2D eigenvalue weighted by Crippen LogP contribution is 2.27. The normalized spacial score (nSPS) is 11.0. The lowest BCUT2D eigenvalue weighted by molar-refractivity contribution is 0.0954. The Morgan fingerprint density at radius 1 is 1.00 bits per heavy atom. The first kappa shape index (κ1) is 18.9. The quantitative estimate of drug-likeness (QED) is 0.526. The zero-order chi connectivity index (χ0) is 20.2. The maximum atomic E-state index is 12.6. The first-order chi connectivity index (χ1) is 14.1. The predicted molar refractivity (Wildman–Crippen MR) is 117 cm³/mol. The van der Waals surface area contributed by atoms with Crippen molar-refractivity contribution < 1.29 is 4.79 Å². The van der Waals surface area contributed by atoms with Crippen LogP contribution in [0.1, 0.15) is 32.7 Å². The van der Waals surface area contributed by atoms with Crippen molar-refractivity contribution in [1.29, 1.82) is 0 Å². The van der Waals surface area contributed by atoms with Crippen LogP contribution in [0, 0.1) is 13.8 Å². The highest BCUT2D eigenvalue weighted by atomic mass is 16.1. The van der Waals surface area contributed by atoms with Gasteiger partial charge in [0.2, 0.25) is 0 Å². The zero-order valence-electron chi connectivity index (χ0n) is 16.9. The van der Waals surface area contributed by atoms with E-state index < -0.39 is 0 Å². The van der Waals surface area contributed by atoms with Gasteiger partial charge in [0.1, 0.15) is 0 Å². The molecule has 0 fully saturated rings. The van der Waals surface area contributed by atoms with Crippen LogP contribution in [0.4, 0.5) is 0 Å². The third-order valence-corrected chi connectivity index (χ3v) is 5.51. The topological polar surface area (TPSA) is 46.9 Å². The Morgan fingerprint density at radius 3 is 2.55 bits per heavy atom.